The predicted octanol–water partition coefficient (Wildman–Crippen LogP) is 4.78. The molecule has 0 aliphatic heterocycles. The van der Waals surface area contributed by atoms with Crippen LogP contribution < -0.4 is 0 Å². The zero-order valence-corrected chi connectivity index (χ0v) is 13.5. The summed E-state index contributed by atoms with van der Waals surface area (Å²) in [5.41, 5.74) is 1.86. The highest BCUT2D eigenvalue weighted by atomic mass is 35.5. The zero-order chi connectivity index (χ0) is 14.7. The van der Waals surface area contributed by atoms with Gasteiger partial charge in [-0.05, 0) is 25.0 Å². The van der Waals surface area contributed by atoms with E-state index in [0.717, 1.165) is 23.4 Å². The number of hydrogen-bond donors (Lipinski definition) is 0. The van der Waals surface area contributed by atoms with Crippen molar-refractivity contribution in [3.8, 4) is 0 Å². The topological polar surface area (TPSA) is 27.1 Å². The van der Waals surface area contributed by atoms with Gasteiger partial charge < -0.3 is 9.30 Å². The first kappa shape index (κ1) is 15.1. The molecule has 0 unspecified atom stereocenters. The van der Waals surface area contributed by atoms with Crippen LogP contribution in [0.15, 0.2) is 18.2 Å². The van der Waals surface area contributed by atoms with Gasteiger partial charge in [-0.2, -0.15) is 0 Å². The van der Waals surface area contributed by atoms with E-state index in [2.05, 4.69) is 9.55 Å². The van der Waals surface area contributed by atoms with E-state index in [9.17, 15) is 0 Å². The van der Waals surface area contributed by atoms with Gasteiger partial charge in [0.1, 0.15) is 11.3 Å². The molecule has 1 saturated carbocycles. The van der Waals surface area contributed by atoms with Crippen LogP contribution >= 0.6 is 23.2 Å². The normalized spacial score (nSPS) is 16.7. The van der Waals surface area contributed by atoms with Gasteiger partial charge in [0.2, 0.25) is 0 Å². The largest absolute Gasteiger partial charge is 0.376 e. The molecule has 0 atom stereocenters. The van der Waals surface area contributed by atoms with Crippen molar-refractivity contribution >= 4 is 34.2 Å². The fraction of sp³-hybridized carbons (Fsp3) is 0.562. The molecule has 0 amide bonds. The molecule has 2 aromatic rings. The van der Waals surface area contributed by atoms with E-state index in [1.54, 1.807) is 0 Å². The van der Waals surface area contributed by atoms with Crippen LogP contribution in [0, 0.1) is 0 Å². The number of hydrogen-bond acceptors (Lipinski definition) is 2. The molecule has 0 radical (unpaired) electrons. The molecule has 3 rings (SSSR count). The number of imidazole rings is 1. The van der Waals surface area contributed by atoms with Crippen LogP contribution in [0.1, 0.15) is 37.9 Å². The summed E-state index contributed by atoms with van der Waals surface area (Å²) >= 11 is 12.2. The summed E-state index contributed by atoms with van der Waals surface area (Å²) in [7, 11) is 0. The summed E-state index contributed by atoms with van der Waals surface area (Å²) < 4.78 is 8.13. The van der Waals surface area contributed by atoms with E-state index < -0.39 is 0 Å². The summed E-state index contributed by atoms with van der Waals surface area (Å²) in [5, 5.41) is 0.672. The number of halogens is 2. The first-order valence-corrected chi connectivity index (χ1v) is 8.52. The number of fused-ring (bicyclic) bond motifs is 1. The van der Waals surface area contributed by atoms with Gasteiger partial charge in [-0.1, -0.05) is 36.9 Å². The second-order valence-electron chi connectivity index (χ2n) is 5.55. The van der Waals surface area contributed by atoms with Crippen molar-refractivity contribution in [2.75, 3.05) is 6.61 Å². The standard InChI is InChI=1S/C16H20Cl2N2O/c17-11-15-19-16-13(18)7-4-8-14(16)20(15)9-10-21-12-5-2-1-3-6-12/h4,7-8,12H,1-3,5-6,9-11H2. The Labute approximate surface area is 135 Å². The van der Waals surface area contributed by atoms with Gasteiger partial charge in [-0.15, -0.1) is 11.6 Å². The third kappa shape index (κ3) is 3.36. The van der Waals surface area contributed by atoms with Gasteiger partial charge in [0, 0.05) is 6.54 Å². The van der Waals surface area contributed by atoms with Crippen molar-refractivity contribution in [1.29, 1.82) is 0 Å². The number of benzene rings is 1. The summed E-state index contributed by atoms with van der Waals surface area (Å²) in [5.74, 6) is 1.24. The maximum absolute atomic E-state index is 6.20. The zero-order valence-electron chi connectivity index (χ0n) is 12.0. The highest BCUT2D eigenvalue weighted by Gasteiger charge is 2.15. The van der Waals surface area contributed by atoms with E-state index in [-0.39, 0.29) is 0 Å². The summed E-state index contributed by atoms with van der Waals surface area (Å²) in [6.07, 6.45) is 6.75. The SMILES string of the molecule is ClCc1nc2c(Cl)cccc2n1CCOC1CCCCC1. The molecule has 0 spiro atoms. The van der Waals surface area contributed by atoms with E-state index >= 15 is 0 Å². The molecule has 1 fully saturated rings. The van der Waals surface area contributed by atoms with Crippen molar-refractivity contribution in [2.45, 2.75) is 50.6 Å². The van der Waals surface area contributed by atoms with Crippen molar-refractivity contribution in [3.05, 3.63) is 29.0 Å². The highest BCUT2D eigenvalue weighted by Crippen LogP contribution is 2.25. The van der Waals surface area contributed by atoms with E-state index in [1.807, 2.05) is 18.2 Å². The third-order valence-corrected chi connectivity index (χ3v) is 4.69. The summed E-state index contributed by atoms with van der Waals surface area (Å²) in [6, 6.07) is 5.84. The van der Waals surface area contributed by atoms with E-state index in [1.165, 1.54) is 32.1 Å². The Kier molecular flexibility index (Phi) is 5.04. The van der Waals surface area contributed by atoms with Crippen molar-refractivity contribution < 1.29 is 4.74 Å². The van der Waals surface area contributed by atoms with Gasteiger partial charge in [0.15, 0.2) is 0 Å². The van der Waals surface area contributed by atoms with Gasteiger partial charge in [0.05, 0.1) is 29.1 Å². The maximum atomic E-state index is 6.20. The summed E-state index contributed by atoms with van der Waals surface area (Å²) in [4.78, 5) is 4.54. The lowest BCUT2D eigenvalue weighted by Crippen LogP contribution is -2.19. The van der Waals surface area contributed by atoms with Gasteiger partial charge in [0.25, 0.3) is 0 Å². The number of alkyl halides is 1. The molecular weight excluding hydrogens is 307 g/mol. The van der Waals surface area contributed by atoms with Crippen LogP contribution in [0.2, 0.25) is 5.02 Å². The Morgan fingerprint density at radius 3 is 2.81 bits per heavy atom. The molecule has 1 aromatic carbocycles. The average Bonchev–Trinajstić information content (AvgIpc) is 2.88. The molecule has 0 bridgehead atoms. The fourth-order valence-electron chi connectivity index (χ4n) is 3.05. The number of rotatable bonds is 5. The smallest absolute Gasteiger partial charge is 0.124 e. The van der Waals surface area contributed by atoms with Crippen LogP contribution in [-0.4, -0.2) is 22.3 Å². The van der Waals surface area contributed by atoms with Gasteiger partial charge in [-0.25, -0.2) is 4.98 Å². The monoisotopic (exact) mass is 326 g/mol. The van der Waals surface area contributed by atoms with Crippen LogP contribution in [-0.2, 0) is 17.2 Å². The van der Waals surface area contributed by atoms with Crippen LogP contribution in [0.3, 0.4) is 0 Å². The quantitative estimate of drug-likeness (QED) is 0.739. The van der Waals surface area contributed by atoms with Crippen molar-refractivity contribution in [2.24, 2.45) is 0 Å². The minimum absolute atomic E-state index is 0.383. The molecule has 3 nitrogen and oxygen atoms in total. The first-order valence-electron chi connectivity index (χ1n) is 7.61. The van der Waals surface area contributed by atoms with Crippen LogP contribution in [0.4, 0.5) is 0 Å². The number of ether oxygens (including phenoxy) is 1. The summed E-state index contributed by atoms with van der Waals surface area (Å²) in [6.45, 7) is 1.47. The van der Waals surface area contributed by atoms with Crippen molar-refractivity contribution in [3.63, 3.8) is 0 Å². The molecular formula is C16H20Cl2N2O. The molecule has 21 heavy (non-hydrogen) atoms. The minimum Gasteiger partial charge on any atom is -0.376 e. The van der Waals surface area contributed by atoms with Crippen molar-refractivity contribution in [1.82, 2.24) is 9.55 Å². The molecule has 114 valence electrons. The Hall–Kier alpha value is -0.770. The predicted molar refractivity (Wildman–Crippen MR) is 87.1 cm³/mol. The lowest BCUT2D eigenvalue weighted by atomic mass is 9.98. The minimum atomic E-state index is 0.383. The lowest BCUT2D eigenvalue weighted by Gasteiger charge is -2.22. The van der Waals surface area contributed by atoms with Crippen LogP contribution in [0.5, 0.6) is 0 Å². The number of para-hydroxylation sites is 1. The Bertz CT molecular complexity index is 606. The number of nitrogens with zero attached hydrogens (tertiary/aromatic N) is 2. The molecule has 1 aromatic heterocycles. The maximum Gasteiger partial charge on any atom is 0.124 e. The van der Waals surface area contributed by atoms with E-state index in [4.69, 9.17) is 27.9 Å². The molecule has 0 saturated heterocycles. The van der Waals surface area contributed by atoms with E-state index in [0.29, 0.717) is 23.6 Å². The molecule has 1 aliphatic carbocycles. The molecule has 5 heteroatoms. The second-order valence-corrected chi connectivity index (χ2v) is 6.23. The Morgan fingerprint density at radius 1 is 1.24 bits per heavy atom. The fourth-order valence-corrected chi connectivity index (χ4v) is 3.47. The third-order valence-electron chi connectivity index (χ3n) is 4.15. The Balaban J connectivity index is 1.72. The van der Waals surface area contributed by atoms with Crippen LogP contribution in [0.25, 0.3) is 11.0 Å². The first-order chi connectivity index (χ1) is 10.3. The molecule has 0 N–H and O–H groups in total. The average molecular weight is 327 g/mol. The second kappa shape index (κ2) is 6.99. The van der Waals surface area contributed by atoms with Gasteiger partial charge in [-0.3, -0.25) is 0 Å². The Morgan fingerprint density at radius 2 is 2.05 bits per heavy atom. The van der Waals surface area contributed by atoms with Gasteiger partial charge >= 0.3 is 0 Å². The molecule has 1 aliphatic rings. The molecule has 1 heterocycles. The number of aromatic nitrogens is 2. The lowest BCUT2D eigenvalue weighted by molar-refractivity contribution is 0.0242. The highest BCUT2D eigenvalue weighted by molar-refractivity contribution is 6.35.